The third-order valence-electron chi connectivity index (χ3n) is 5.65. The first-order valence-corrected chi connectivity index (χ1v) is 12.4. The van der Waals surface area contributed by atoms with Gasteiger partial charge >= 0.3 is 0 Å². The monoisotopic (exact) mass is 492 g/mol. The fourth-order valence-corrected chi connectivity index (χ4v) is 4.81. The summed E-state index contributed by atoms with van der Waals surface area (Å²) < 4.78 is 1.94. The average molecular weight is 493 g/mol. The number of carbonyl (C=O) groups is 1. The number of thioether (sulfide) groups is 1. The second kappa shape index (κ2) is 10.5. The molecule has 1 unspecified atom stereocenters. The SMILES string of the molecule is CC(Sc1nnc(-c2ccc(O)cc2)n1-c1ccccc1)C(=O)N(c1ccccc1)c1ccccc1. The maximum Gasteiger partial charge on any atom is 0.244 e. The van der Waals surface area contributed by atoms with E-state index in [2.05, 4.69) is 10.2 Å². The zero-order chi connectivity index (χ0) is 24.9. The van der Waals surface area contributed by atoms with Gasteiger partial charge in [0.2, 0.25) is 5.91 Å². The largest absolute Gasteiger partial charge is 0.508 e. The number of benzene rings is 4. The zero-order valence-corrected chi connectivity index (χ0v) is 20.4. The summed E-state index contributed by atoms with van der Waals surface area (Å²) >= 11 is 1.36. The van der Waals surface area contributed by atoms with Crippen molar-refractivity contribution >= 4 is 29.0 Å². The van der Waals surface area contributed by atoms with Gasteiger partial charge in [-0.3, -0.25) is 14.3 Å². The van der Waals surface area contributed by atoms with E-state index in [-0.39, 0.29) is 11.7 Å². The Morgan fingerprint density at radius 1 is 0.778 bits per heavy atom. The number of phenolic OH excluding ortho intramolecular Hbond substituents is 1. The molecule has 5 aromatic rings. The van der Waals surface area contributed by atoms with Gasteiger partial charge in [-0.2, -0.15) is 0 Å². The third-order valence-corrected chi connectivity index (χ3v) is 6.68. The zero-order valence-electron chi connectivity index (χ0n) is 19.6. The molecule has 0 saturated carbocycles. The quantitative estimate of drug-likeness (QED) is 0.263. The lowest BCUT2D eigenvalue weighted by atomic mass is 10.2. The van der Waals surface area contributed by atoms with Gasteiger partial charge in [-0.1, -0.05) is 66.4 Å². The first-order valence-electron chi connectivity index (χ1n) is 11.5. The van der Waals surface area contributed by atoms with Crippen molar-refractivity contribution in [1.29, 1.82) is 0 Å². The van der Waals surface area contributed by atoms with Crippen molar-refractivity contribution in [1.82, 2.24) is 14.8 Å². The molecule has 0 aliphatic heterocycles. The molecule has 1 aromatic heterocycles. The van der Waals surface area contributed by atoms with Gasteiger partial charge in [0.1, 0.15) is 5.75 Å². The van der Waals surface area contributed by atoms with E-state index in [9.17, 15) is 9.90 Å². The Labute approximate surface area is 213 Å². The lowest BCUT2D eigenvalue weighted by molar-refractivity contribution is -0.117. The summed E-state index contributed by atoms with van der Waals surface area (Å²) in [4.78, 5) is 15.6. The van der Waals surface area contributed by atoms with Crippen molar-refractivity contribution in [3.63, 3.8) is 0 Å². The molecule has 4 aromatic carbocycles. The Morgan fingerprint density at radius 2 is 1.31 bits per heavy atom. The van der Waals surface area contributed by atoms with Crippen LogP contribution in [0.5, 0.6) is 5.75 Å². The van der Waals surface area contributed by atoms with Gasteiger partial charge in [0, 0.05) is 22.6 Å². The van der Waals surface area contributed by atoms with Crippen LogP contribution in [-0.4, -0.2) is 31.0 Å². The van der Waals surface area contributed by atoms with Crippen molar-refractivity contribution in [3.05, 3.63) is 115 Å². The van der Waals surface area contributed by atoms with Crippen LogP contribution in [0, 0.1) is 0 Å². The molecule has 0 aliphatic carbocycles. The predicted molar refractivity (Wildman–Crippen MR) is 144 cm³/mol. The molecule has 0 bridgehead atoms. The van der Waals surface area contributed by atoms with Gasteiger partial charge in [-0.15, -0.1) is 10.2 Å². The number of carbonyl (C=O) groups excluding carboxylic acids is 1. The Bertz CT molecular complexity index is 1400. The highest BCUT2D eigenvalue weighted by atomic mass is 32.2. The first-order chi connectivity index (χ1) is 17.6. The standard InChI is InChI=1S/C29H24N4O2S/c1-21(28(35)32(23-11-5-2-6-12-23)24-13-7-3-8-14-24)36-29-31-30-27(22-17-19-26(34)20-18-22)33(29)25-15-9-4-10-16-25/h2-21,34H,1H3. The van der Waals surface area contributed by atoms with Gasteiger partial charge < -0.3 is 5.11 Å². The topological polar surface area (TPSA) is 71.2 Å². The average Bonchev–Trinajstić information content (AvgIpc) is 3.34. The van der Waals surface area contributed by atoms with Crippen LogP contribution in [0.3, 0.4) is 0 Å². The van der Waals surface area contributed by atoms with Crippen LogP contribution in [0.4, 0.5) is 11.4 Å². The van der Waals surface area contributed by atoms with Crippen LogP contribution < -0.4 is 4.90 Å². The molecular weight excluding hydrogens is 468 g/mol. The van der Waals surface area contributed by atoms with Crippen molar-refractivity contribution in [3.8, 4) is 22.8 Å². The highest BCUT2D eigenvalue weighted by Crippen LogP contribution is 2.34. The molecule has 1 atom stereocenters. The van der Waals surface area contributed by atoms with Crippen molar-refractivity contribution in [2.24, 2.45) is 0 Å². The Morgan fingerprint density at radius 3 is 1.86 bits per heavy atom. The summed E-state index contributed by atoms with van der Waals surface area (Å²) in [6, 6.07) is 35.9. The van der Waals surface area contributed by atoms with Crippen LogP contribution in [-0.2, 0) is 4.79 Å². The Balaban J connectivity index is 1.51. The fraction of sp³-hybridized carbons (Fsp3) is 0.0690. The Kier molecular flexibility index (Phi) is 6.82. The summed E-state index contributed by atoms with van der Waals surface area (Å²) in [5, 5.41) is 18.8. The predicted octanol–water partition coefficient (Wildman–Crippen LogP) is 6.49. The summed E-state index contributed by atoms with van der Waals surface area (Å²) in [6.45, 7) is 1.89. The van der Waals surface area contributed by atoms with E-state index in [4.69, 9.17) is 0 Å². The molecule has 0 fully saturated rings. The van der Waals surface area contributed by atoms with Crippen molar-refractivity contribution in [2.45, 2.75) is 17.3 Å². The van der Waals surface area contributed by atoms with Crippen molar-refractivity contribution in [2.75, 3.05) is 4.90 Å². The number of nitrogens with zero attached hydrogens (tertiary/aromatic N) is 4. The fourth-order valence-electron chi connectivity index (χ4n) is 3.90. The molecule has 0 radical (unpaired) electrons. The lowest BCUT2D eigenvalue weighted by Crippen LogP contribution is -2.33. The minimum atomic E-state index is -0.454. The number of amides is 1. The van der Waals surface area contributed by atoms with Crippen LogP contribution in [0.1, 0.15) is 6.92 Å². The molecule has 1 amide bonds. The number of para-hydroxylation sites is 3. The molecular formula is C29H24N4O2S. The minimum Gasteiger partial charge on any atom is -0.508 e. The van der Waals surface area contributed by atoms with Gasteiger partial charge in [0.05, 0.1) is 5.25 Å². The number of hydrogen-bond acceptors (Lipinski definition) is 5. The van der Waals surface area contributed by atoms with Crippen molar-refractivity contribution < 1.29 is 9.90 Å². The summed E-state index contributed by atoms with van der Waals surface area (Å²) in [5.74, 6) is 0.748. The molecule has 178 valence electrons. The second-order valence-electron chi connectivity index (χ2n) is 8.13. The van der Waals surface area contributed by atoms with Gasteiger partial charge in [-0.25, -0.2) is 0 Å². The van der Waals surface area contributed by atoms with E-state index >= 15 is 0 Å². The van der Waals surface area contributed by atoms with Crippen LogP contribution in [0.2, 0.25) is 0 Å². The van der Waals surface area contributed by atoms with E-state index in [1.165, 1.54) is 11.8 Å². The molecule has 0 spiro atoms. The van der Waals surface area contributed by atoms with Crippen LogP contribution in [0.25, 0.3) is 17.1 Å². The van der Waals surface area contributed by atoms with Crippen LogP contribution >= 0.6 is 11.8 Å². The number of aromatic hydroxyl groups is 1. The first kappa shape index (κ1) is 23.4. The summed E-state index contributed by atoms with van der Waals surface area (Å²) in [6.07, 6.45) is 0. The number of rotatable bonds is 7. The van der Waals surface area contributed by atoms with E-state index < -0.39 is 5.25 Å². The minimum absolute atomic E-state index is 0.0637. The third kappa shape index (κ3) is 4.87. The summed E-state index contributed by atoms with van der Waals surface area (Å²) in [7, 11) is 0. The number of phenols is 1. The Hall–Kier alpha value is -4.36. The summed E-state index contributed by atoms with van der Waals surface area (Å²) in [5.41, 5.74) is 3.30. The lowest BCUT2D eigenvalue weighted by Gasteiger charge is -2.26. The molecule has 0 saturated heterocycles. The molecule has 5 rings (SSSR count). The highest BCUT2D eigenvalue weighted by Gasteiger charge is 2.27. The number of hydrogen-bond donors (Lipinski definition) is 1. The van der Waals surface area contributed by atoms with Gasteiger partial charge in [0.25, 0.3) is 0 Å². The molecule has 0 aliphatic rings. The molecule has 36 heavy (non-hydrogen) atoms. The number of aromatic nitrogens is 3. The normalized spacial score (nSPS) is 11.7. The highest BCUT2D eigenvalue weighted by molar-refractivity contribution is 8.00. The smallest absolute Gasteiger partial charge is 0.244 e. The molecule has 7 heteroatoms. The van der Waals surface area contributed by atoms with E-state index in [1.54, 1.807) is 29.2 Å². The maximum atomic E-state index is 13.8. The molecule has 6 nitrogen and oxygen atoms in total. The van der Waals surface area contributed by atoms with E-state index in [0.717, 1.165) is 22.6 Å². The van der Waals surface area contributed by atoms with Crippen LogP contribution in [0.15, 0.2) is 120 Å². The second-order valence-corrected chi connectivity index (χ2v) is 9.44. The maximum absolute atomic E-state index is 13.8. The van der Waals surface area contributed by atoms with Gasteiger partial charge in [0.15, 0.2) is 11.0 Å². The van der Waals surface area contributed by atoms with Gasteiger partial charge in [-0.05, 0) is 67.6 Å². The van der Waals surface area contributed by atoms with E-state index in [0.29, 0.717) is 11.0 Å². The molecule has 1 N–H and O–H groups in total. The number of anilines is 2. The molecule has 1 heterocycles. The van der Waals surface area contributed by atoms with E-state index in [1.807, 2.05) is 102 Å².